The van der Waals surface area contributed by atoms with Crippen LogP contribution in [0.2, 0.25) is 0 Å². The highest BCUT2D eigenvalue weighted by molar-refractivity contribution is 7.09. The number of nitrogens with zero attached hydrogens (tertiary/aromatic N) is 3. The number of aromatic nitrogens is 2. The third kappa shape index (κ3) is 3.60. The van der Waals surface area contributed by atoms with Gasteiger partial charge in [0, 0.05) is 37.4 Å². The van der Waals surface area contributed by atoms with Gasteiger partial charge in [-0.25, -0.2) is 18.6 Å². The van der Waals surface area contributed by atoms with Crippen molar-refractivity contribution < 1.29 is 18.7 Å². The molecule has 0 aliphatic carbocycles. The Bertz CT molecular complexity index is 1120. The zero-order valence-corrected chi connectivity index (χ0v) is 16.1. The highest BCUT2D eigenvalue weighted by Gasteiger charge is 2.25. The second-order valence-corrected chi connectivity index (χ2v) is 7.72. The molecule has 1 aliphatic heterocycles. The van der Waals surface area contributed by atoms with Crippen LogP contribution >= 0.6 is 11.3 Å². The summed E-state index contributed by atoms with van der Waals surface area (Å²) in [5.41, 5.74) is -1.77. The summed E-state index contributed by atoms with van der Waals surface area (Å²) in [5, 5.41) is 14.6. The number of carboxylic acids is 1. The number of benzene rings is 1. The molecule has 29 heavy (non-hydrogen) atoms. The molecule has 152 valence electrons. The number of aromatic carboxylic acids is 1. The van der Waals surface area contributed by atoms with Crippen LogP contribution in [0.15, 0.2) is 28.6 Å². The minimum atomic E-state index is -1.45. The van der Waals surface area contributed by atoms with Gasteiger partial charge >= 0.3 is 5.97 Å². The lowest BCUT2D eigenvalue weighted by molar-refractivity contribution is 0.0695. The molecule has 3 heterocycles. The molecule has 7 nitrogen and oxygen atoms in total. The summed E-state index contributed by atoms with van der Waals surface area (Å²) in [6.07, 6.45) is 3.40. The van der Waals surface area contributed by atoms with E-state index in [-0.39, 0.29) is 23.1 Å². The maximum absolute atomic E-state index is 15.6. The SMILES string of the molecule is O=C(O)c1cn(Cc2nccs2)c2c(F)c(N3CCCNCC3)c(F)cc2c1=O. The van der Waals surface area contributed by atoms with E-state index in [4.69, 9.17) is 0 Å². The van der Waals surface area contributed by atoms with Gasteiger partial charge in [-0.15, -0.1) is 11.3 Å². The largest absolute Gasteiger partial charge is 0.477 e. The lowest BCUT2D eigenvalue weighted by Crippen LogP contribution is -2.30. The first-order valence-corrected chi connectivity index (χ1v) is 9.98. The molecule has 0 bridgehead atoms. The molecule has 4 rings (SSSR count). The maximum atomic E-state index is 15.6. The van der Waals surface area contributed by atoms with E-state index in [0.29, 0.717) is 24.6 Å². The molecule has 10 heteroatoms. The molecule has 0 spiro atoms. The summed E-state index contributed by atoms with van der Waals surface area (Å²) in [7, 11) is 0. The Morgan fingerprint density at radius 2 is 2.14 bits per heavy atom. The molecule has 0 radical (unpaired) electrons. The fraction of sp³-hybridized carbons (Fsp3) is 0.316. The van der Waals surface area contributed by atoms with E-state index in [0.717, 1.165) is 25.2 Å². The third-order valence-corrected chi connectivity index (χ3v) is 5.67. The highest BCUT2D eigenvalue weighted by Crippen LogP contribution is 2.31. The molecule has 2 N–H and O–H groups in total. The average Bonchev–Trinajstić information content (AvgIpc) is 3.04. The lowest BCUT2D eigenvalue weighted by atomic mass is 10.1. The lowest BCUT2D eigenvalue weighted by Gasteiger charge is -2.25. The van der Waals surface area contributed by atoms with Crippen LogP contribution in [-0.4, -0.2) is 46.8 Å². The molecule has 1 saturated heterocycles. The average molecular weight is 420 g/mol. The molecule has 0 amide bonds. The number of thiazole rings is 1. The van der Waals surface area contributed by atoms with Crippen molar-refractivity contribution in [2.24, 2.45) is 0 Å². The number of nitrogens with one attached hydrogen (secondary N) is 1. The van der Waals surface area contributed by atoms with E-state index >= 15 is 4.39 Å². The molecule has 3 aromatic rings. The number of carboxylic acid groups (broad SMARTS) is 1. The third-order valence-electron chi connectivity index (χ3n) is 4.91. The predicted molar refractivity (Wildman–Crippen MR) is 106 cm³/mol. The topological polar surface area (TPSA) is 87.5 Å². The van der Waals surface area contributed by atoms with Crippen LogP contribution in [0.5, 0.6) is 0 Å². The number of fused-ring (bicyclic) bond motifs is 1. The van der Waals surface area contributed by atoms with Gasteiger partial charge in [0.1, 0.15) is 22.1 Å². The number of hydrogen-bond acceptors (Lipinski definition) is 6. The van der Waals surface area contributed by atoms with Crippen LogP contribution < -0.4 is 15.6 Å². The summed E-state index contributed by atoms with van der Waals surface area (Å²) < 4.78 is 31.9. The Morgan fingerprint density at radius 3 is 2.86 bits per heavy atom. The first kappa shape index (κ1) is 19.5. The van der Waals surface area contributed by atoms with Crippen molar-refractivity contribution in [3.63, 3.8) is 0 Å². The van der Waals surface area contributed by atoms with Crippen LogP contribution in [0, 0.1) is 11.6 Å². The van der Waals surface area contributed by atoms with Crippen molar-refractivity contribution in [3.8, 4) is 0 Å². The van der Waals surface area contributed by atoms with E-state index in [1.165, 1.54) is 15.9 Å². The quantitative estimate of drug-likeness (QED) is 0.674. The zero-order valence-electron chi connectivity index (χ0n) is 15.3. The van der Waals surface area contributed by atoms with Gasteiger partial charge in [0.05, 0.1) is 17.4 Å². The number of carbonyl (C=O) groups is 1. The van der Waals surface area contributed by atoms with Gasteiger partial charge in [0.25, 0.3) is 0 Å². The Balaban J connectivity index is 1.98. The predicted octanol–water partition coefficient (Wildman–Crippen LogP) is 2.28. The first-order chi connectivity index (χ1) is 14.0. The van der Waals surface area contributed by atoms with Crippen molar-refractivity contribution in [2.45, 2.75) is 13.0 Å². The van der Waals surface area contributed by atoms with E-state index in [1.807, 2.05) is 0 Å². The number of halogens is 2. The molecule has 1 aromatic carbocycles. The standard InChI is InChI=1S/C19H18F2N4O3S/c20-13-8-11-16(15(21)17(13)24-5-1-2-22-3-6-24)25(10-14-23-4-7-29-14)9-12(18(11)26)19(27)28/h4,7-9,22H,1-3,5-6,10H2,(H,27,28). The van der Waals surface area contributed by atoms with E-state index in [1.54, 1.807) is 16.5 Å². The van der Waals surface area contributed by atoms with Crippen LogP contribution in [0.25, 0.3) is 10.9 Å². The van der Waals surface area contributed by atoms with Gasteiger partial charge in [-0.3, -0.25) is 4.79 Å². The number of hydrogen-bond donors (Lipinski definition) is 2. The molecule has 2 aromatic heterocycles. The van der Waals surface area contributed by atoms with Crippen molar-refractivity contribution in [1.82, 2.24) is 14.9 Å². The van der Waals surface area contributed by atoms with Crippen molar-refractivity contribution >= 4 is 33.9 Å². The van der Waals surface area contributed by atoms with Gasteiger partial charge in [0.2, 0.25) is 5.43 Å². The Kier molecular flexibility index (Phi) is 5.29. The molecule has 1 aliphatic rings. The molecule has 0 unspecified atom stereocenters. The minimum Gasteiger partial charge on any atom is -0.477 e. The summed E-state index contributed by atoms with van der Waals surface area (Å²) >= 11 is 1.32. The normalized spacial score (nSPS) is 14.9. The maximum Gasteiger partial charge on any atom is 0.341 e. The van der Waals surface area contributed by atoms with Crippen LogP contribution in [0.1, 0.15) is 21.8 Å². The minimum absolute atomic E-state index is 0.0677. The summed E-state index contributed by atoms with van der Waals surface area (Å²) in [5.74, 6) is -3.20. The van der Waals surface area contributed by atoms with Crippen molar-refractivity contribution in [3.05, 3.63) is 56.3 Å². The van der Waals surface area contributed by atoms with E-state index < -0.39 is 28.6 Å². The molecular formula is C19H18F2N4O3S. The summed E-state index contributed by atoms with van der Waals surface area (Å²) in [6.45, 7) is 2.29. The Hall–Kier alpha value is -2.85. The van der Waals surface area contributed by atoms with E-state index in [9.17, 15) is 19.1 Å². The molecule has 0 atom stereocenters. The van der Waals surface area contributed by atoms with Gasteiger partial charge in [-0.1, -0.05) is 0 Å². The van der Waals surface area contributed by atoms with Crippen molar-refractivity contribution in [2.75, 3.05) is 31.1 Å². The molecule has 1 fully saturated rings. The van der Waals surface area contributed by atoms with Crippen LogP contribution in [0.3, 0.4) is 0 Å². The number of anilines is 1. The monoisotopic (exact) mass is 420 g/mol. The van der Waals surface area contributed by atoms with Gasteiger partial charge < -0.3 is 19.9 Å². The smallest absolute Gasteiger partial charge is 0.341 e. The first-order valence-electron chi connectivity index (χ1n) is 9.10. The Labute approximate surface area is 168 Å². The number of pyridine rings is 1. The van der Waals surface area contributed by atoms with Gasteiger partial charge in [-0.2, -0.15) is 0 Å². The van der Waals surface area contributed by atoms with Crippen LogP contribution in [-0.2, 0) is 6.54 Å². The highest BCUT2D eigenvalue weighted by atomic mass is 32.1. The fourth-order valence-electron chi connectivity index (χ4n) is 3.59. The summed E-state index contributed by atoms with van der Waals surface area (Å²) in [4.78, 5) is 29.9. The zero-order chi connectivity index (χ0) is 20.5. The van der Waals surface area contributed by atoms with E-state index in [2.05, 4.69) is 10.3 Å². The summed E-state index contributed by atoms with van der Waals surface area (Å²) in [6, 6.07) is 0.944. The second-order valence-electron chi connectivity index (χ2n) is 6.74. The van der Waals surface area contributed by atoms with Crippen LogP contribution in [0.4, 0.5) is 14.5 Å². The molecular weight excluding hydrogens is 402 g/mol. The van der Waals surface area contributed by atoms with Crippen molar-refractivity contribution in [1.29, 1.82) is 0 Å². The Morgan fingerprint density at radius 1 is 1.31 bits per heavy atom. The fourth-order valence-corrected chi connectivity index (χ4v) is 4.20. The second kappa shape index (κ2) is 7.88. The van der Waals surface area contributed by atoms with Gasteiger partial charge in [0.15, 0.2) is 5.82 Å². The number of rotatable bonds is 4. The van der Waals surface area contributed by atoms with Gasteiger partial charge in [-0.05, 0) is 19.0 Å². The molecule has 0 saturated carbocycles.